The van der Waals surface area contributed by atoms with Crippen LogP contribution in [0.5, 0.6) is 0 Å². The zero-order valence-electron chi connectivity index (χ0n) is 13.5. The lowest BCUT2D eigenvalue weighted by Crippen LogP contribution is -2.17. The zero-order valence-corrected chi connectivity index (χ0v) is 15.2. The van der Waals surface area contributed by atoms with Crippen LogP contribution in [0, 0.1) is 24.2 Å². The largest absolute Gasteiger partial charge is 0.365 e. The van der Waals surface area contributed by atoms with Gasteiger partial charge < -0.3 is 11.1 Å². The van der Waals surface area contributed by atoms with Crippen molar-refractivity contribution in [1.82, 2.24) is 4.98 Å². The number of nitriles is 1. The van der Waals surface area contributed by atoms with Gasteiger partial charge in [0.25, 0.3) is 5.91 Å². The minimum absolute atomic E-state index is 0.415. The van der Waals surface area contributed by atoms with Crippen molar-refractivity contribution in [2.75, 3.05) is 5.32 Å². The maximum absolute atomic E-state index is 11.9. The lowest BCUT2D eigenvalue weighted by atomic mass is 9.88. The SMILES string of the molecule is Cc1csc(/C(C#N)=C/Nc2sc3c(c2C(N)=O)CC[C@H](C)C3)n1. The lowest BCUT2D eigenvalue weighted by molar-refractivity contribution is 0.1000. The Balaban J connectivity index is 1.94. The van der Waals surface area contributed by atoms with Crippen LogP contribution in [0.1, 0.15) is 44.8 Å². The lowest BCUT2D eigenvalue weighted by Gasteiger charge is -2.18. The Morgan fingerprint density at radius 3 is 3.00 bits per heavy atom. The van der Waals surface area contributed by atoms with E-state index in [0.29, 0.717) is 22.1 Å². The first-order valence-corrected chi connectivity index (χ1v) is 9.42. The molecule has 3 N–H and O–H groups in total. The van der Waals surface area contributed by atoms with Gasteiger partial charge in [-0.2, -0.15) is 5.26 Å². The summed E-state index contributed by atoms with van der Waals surface area (Å²) in [5.74, 6) is 0.204. The number of hydrogen-bond acceptors (Lipinski definition) is 6. The molecule has 7 heteroatoms. The van der Waals surface area contributed by atoms with Gasteiger partial charge in [0, 0.05) is 22.2 Å². The average Bonchev–Trinajstić information content (AvgIpc) is 3.11. The molecule has 0 saturated heterocycles. The van der Waals surface area contributed by atoms with Crippen molar-refractivity contribution in [3.05, 3.63) is 38.3 Å². The Labute approximate surface area is 148 Å². The van der Waals surface area contributed by atoms with Crippen LogP contribution >= 0.6 is 22.7 Å². The summed E-state index contributed by atoms with van der Waals surface area (Å²) in [6, 6.07) is 2.15. The number of aromatic nitrogens is 1. The predicted molar refractivity (Wildman–Crippen MR) is 98.1 cm³/mol. The molecule has 1 aliphatic rings. The monoisotopic (exact) mass is 358 g/mol. The number of thiazole rings is 1. The summed E-state index contributed by atoms with van der Waals surface area (Å²) in [5.41, 5.74) is 8.58. The molecular formula is C17H18N4OS2. The van der Waals surface area contributed by atoms with Crippen LogP contribution < -0.4 is 11.1 Å². The molecule has 0 spiro atoms. The van der Waals surface area contributed by atoms with Crippen molar-refractivity contribution in [3.63, 3.8) is 0 Å². The number of allylic oxidation sites excluding steroid dienone is 1. The zero-order chi connectivity index (χ0) is 17.3. The van der Waals surface area contributed by atoms with Crippen LogP contribution in [-0.4, -0.2) is 10.9 Å². The van der Waals surface area contributed by atoms with E-state index in [1.165, 1.54) is 16.2 Å². The number of rotatable bonds is 4. The van der Waals surface area contributed by atoms with Crippen molar-refractivity contribution in [3.8, 4) is 6.07 Å². The summed E-state index contributed by atoms with van der Waals surface area (Å²) < 4.78 is 0. The number of carbonyl (C=O) groups is 1. The first kappa shape index (κ1) is 16.7. The molecule has 0 aliphatic heterocycles. The molecule has 1 atom stereocenters. The number of aryl methyl sites for hydroxylation is 1. The first-order valence-electron chi connectivity index (χ1n) is 7.73. The summed E-state index contributed by atoms with van der Waals surface area (Å²) in [5, 5.41) is 15.8. The van der Waals surface area contributed by atoms with Gasteiger partial charge in [0.1, 0.15) is 21.7 Å². The molecule has 0 aromatic carbocycles. The van der Waals surface area contributed by atoms with E-state index in [-0.39, 0.29) is 0 Å². The van der Waals surface area contributed by atoms with Gasteiger partial charge in [-0.15, -0.1) is 22.7 Å². The number of fused-ring (bicyclic) bond motifs is 1. The van der Waals surface area contributed by atoms with Crippen molar-refractivity contribution in [2.24, 2.45) is 11.7 Å². The molecule has 2 aromatic heterocycles. The van der Waals surface area contributed by atoms with Gasteiger partial charge in [-0.1, -0.05) is 6.92 Å². The Hall–Kier alpha value is -2.17. The third-order valence-corrected chi connectivity index (χ3v) is 6.25. The molecule has 124 valence electrons. The van der Waals surface area contributed by atoms with E-state index in [2.05, 4.69) is 23.3 Å². The fourth-order valence-corrected chi connectivity index (χ4v) is 5.02. The number of nitrogens with zero attached hydrogens (tertiary/aromatic N) is 2. The maximum Gasteiger partial charge on any atom is 0.251 e. The van der Waals surface area contributed by atoms with Crippen molar-refractivity contribution >= 4 is 39.2 Å². The highest BCUT2D eigenvalue weighted by molar-refractivity contribution is 7.16. The number of nitrogens with one attached hydrogen (secondary N) is 1. The molecule has 0 unspecified atom stereocenters. The summed E-state index contributed by atoms with van der Waals surface area (Å²) in [6.07, 6.45) is 4.54. The summed E-state index contributed by atoms with van der Waals surface area (Å²) in [7, 11) is 0. The second-order valence-electron chi connectivity index (χ2n) is 6.03. The van der Waals surface area contributed by atoms with Gasteiger partial charge in [-0.05, 0) is 37.7 Å². The molecule has 0 saturated carbocycles. The second-order valence-corrected chi connectivity index (χ2v) is 7.99. The highest BCUT2D eigenvalue weighted by Crippen LogP contribution is 2.39. The summed E-state index contributed by atoms with van der Waals surface area (Å²) >= 11 is 2.99. The van der Waals surface area contributed by atoms with Gasteiger partial charge >= 0.3 is 0 Å². The number of anilines is 1. The quantitative estimate of drug-likeness (QED) is 0.815. The number of amides is 1. The topological polar surface area (TPSA) is 91.8 Å². The molecule has 1 amide bonds. The highest BCUT2D eigenvalue weighted by Gasteiger charge is 2.26. The van der Waals surface area contributed by atoms with E-state index in [1.807, 2.05) is 12.3 Å². The van der Waals surface area contributed by atoms with Crippen molar-refractivity contribution in [1.29, 1.82) is 5.26 Å². The van der Waals surface area contributed by atoms with E-state index in [4.69, 9.17) is 5.73 Å². The molecule has 0 fully saturated rings. The molecule has 5 nitrogen and oxygen atoms in total. The minimum atomic E-state index is -0.415. The summed E-state index contributed by atoms with van der Waals surface area (Å²) in [6.45, 7) is 4.11. The Bertz CT molecular complexity index is 857. The Morgan fingerprint density at radius 1 is 1.58 bits per heavy atom. The van der Waals surface area contributed by atoms with E-state index in [1.54, 1.807) is 17.5 Å². The molecule has 2 heterocycles. The average molecular weight is 358 g/mol. The molecule has 2 aromatic rings. The second kappa shape index (κ2) is 6.75. The molecule has 0 bridgehead atoms. The third kappa shape index (κ3) is 3.21. The van der Waals surface area contributed by atoms with Gasteiger partial charge in [-0.25, -0.2) is 4.98 Å². The van der Waals surface area contributed by atoms with Crippen molar-refractivity contribution in [2.45, 2.75) is 33.1 Å². The summed E-state index contributed by atoms with van der Waals surface area (Å²) in [4.78, 5) is 17.5. The fourth-order valence-electron chi connectivity index (χ4n) is 2.87. The van der Waals surface area contributed by atoms with Gasteiger partial charge in [0.2, 0.25) is 0 Å². The number of thiophene rings is 1. The predicted octanol–water partition coefficient (Wildman–Crippen LogP) is 3.71. The molecule has 1 aliphatic carbocycles. The number of hydrogen-bond donors (Lipinski definition) is 2. The number of nitrogens with two attached hydrogens (primary N) is 1. The maximum atomic E-state index is 11.9. The third-order valence-electron chi connectivity index (χ3n) is 4.08. The Kier molecular flexibility index (Phi) is 4.69. The molecular weight excluding hydrogens is 340 g/mol. The van der Waals surface area contributed by atoms with E-state index in [0.717, 1.165) is 35.5 Å². The first-order chi connectivity index (χ1) is 11.5. The van der Waals surface area contributed by atoms with E-state index in [9.17, 15) is 10.1 Å². The van der Waals surface area contributed by atoms with E-state index >= 15 is 0 Å². The highest BCUT2D eigenvalue weighted by atomic mass is 32.1. The van der Waals surface area contributed by atoms with Crippen molar-refractivity contribution < 1.29 is 4.79 Å². The van der Waals surface area contributed by atoms with Gasteiger partial charge in [0.05, 0.1) is 5.56 Å². The number of primary amides is 1. The van der Waals surface area contributed by atoms with Crippen LogP contribution in [0.25, 0.3) is 5.57 Å². The van der Waals surface area contributed by atoms with Gasteiger partial charge in [-0.3, -0.25) is 4.79 Å². The molecule has 0 radical (unpaired) electrons. The molecule has 3 rings (SSSR count). The normalized spacial score (nSPS) is 17.2. The molecule has 24 heavy (non-hydrogen) atoms. The van der Waals surface area contributed by atoms with Crippen LogP contribution in [0.15, 0.2) is 11.6 Å². The smallest absolute Gasteiger partial charge is 0.251 e. The Morgan fingerprint density at radius 2 is 2.38 bits per heavy atom. The van der Waals surface area contributed by atoms with Crippen LogP contribution in [-0.2, 0) is 12.8 Å². The van der Waals surface area contributed by atoms with Crippen LogP contribution in [0.3, 0.4) is 0 Å². The minimum Gasteiger partial charge on any atom is -0.365 e. The van der Waals surface area contributed by atoms with Gasteiger partial charge in [0.15, 0.2) is 0 Å². The van der Waals surface area contributed by atoms with E-state index < -0.39 is 5.91 Å². The van der Waals surface area contributed by atoms with Crippen LogP contribution in [0.2, 0.25) is 0 Å². The fraction of sp³-hybridized carbons (Fsp3) is 0.353. The number of carbonyl (C=O) groups excluding carboxylic acids is 1. The van der Waals surface area contributed by atoms with Crippen LogP contribution in [0.4, 0.5) is 5.00 Å². The standard InChI is InChI=1S/C17H18N4OS2/c1-9-3-4-12-13(5-9)24-17(14(12)15(19)22)20-7-11(6-18)16-21-10(2)8-23-16/h7-9,20H,3-5H2,1-2H3,(H2,19,22)/b11-7+/t9-/m0/s1.